The van der Waals surface area contributed by atoms with Gasteiger partial charge in [0.15, 0.2) is 0 Å². The summed E-state index contributed by atoms with van der Waals surface area (Å²) in [7, 11) is 0. The van der Waals surface area contributed by atoms with Crippen LogP contribution in [0.1, 0.15) is 5.56 Å². The van der Waals surface area contributed by atoms with Crippen molar-refractivity contribution in [1.29, 1.82) is 0 Å². The van der Waals surface area contributed by atoms with Crippen LogP contribution in [0.2, 0.25) is 5.02 Å². The molecule has 0 fully saturated rings. The van der Waals surface area contributed by atoms with Gasteiger partial charge in [0, 0.05) is 20.6 Å². The third kappa shape index (κ3) is 2.45. The van der Waals surface area contributed by atoms with Gasteiger partial charge in [-0.25, -0.2) is 0 Å². The number of aromatic nitrogens is 1. The lowest BCUT2D eigenvalue weighted by atomic mass is 10.00. The standard InChI is InChI=1S/C16H12BrClN2O/c1-9-5-4-7-11(14(9)17)15-13(16(19)21-20-15)10-6-2-3-8-12(10)18/h2-8H,19H2,1H3. The number of rotatable bonds is 2. The van der Waals surface area contributed by atoms with E-state index in [9.17, 15) is 0 Å². The average Bonchev–Trinajstić information content (AvgIpc) is 2.84. The Balaban J connectivity index is 2.28. The molecule has 2 aromatic carbocycles. The lowest BCUT2D eigenvalue weighted by Crippen LogP contribution is -1.90. The quantitative estimate of drug-likeness (QED) is 0.671. The van der Waals surface area contributed by atoms with Crippen LogP contribution in [0.25, 0.3) is 22.4 Å². The minimum absolute atomic E-state index is 0.256. The lowest BCUT2D eigenvalue weighted by Gasteiger charge is -2.08. The van der Waals surface area contributed by atoms with Gasteiger partial charge < -0.3 is 10.3 Å². The molecule has 0 spiro atoms. The number of aryl methyl sites for hydroxylation is 1. The van der Waals surface area contributed by atoms with Crippen LogP contribution in [0.4, 0.5) is 5.88 Å². The summed E-state index contributed by atoms with van der Waals surface area (Å²) in [6.07, 6.45) is 0. The van der Waals surface area contributed by atoms with Crippen LogP contribution in [-0.2, 0) is 0 Å². The van der Waals surface area contributed by atoms with E-state index >= 15 is 0 Å². The maximum atomic E-state index is 6.28. The van der Waals surface area contributed by atoms with Gasteiger partial charge in [0.1, 0.15) is 5.69 Å². The van der Waals surface area contributed by atoms with Crippen LogP contribution in [0.5, 0.6) is 0 Å². The second-order valence-corrected chi connectivity index (χ2v) is 5.89. The number of hydrogen-bond acceptors (Lipinski definition) is 3. The molecule has 106 valence electrons. The Morgan fingerprint density at radius 3 is 2.57 bits per heavy atom. The Morgan fingerprint density at radius 2 is 1.81 bits per heavy atom. The highest BCUT2D eigenvalue weighted by atomic mass is 79.9. The summed E-state index contributed by atoms with van der Waals surface area (Å²) < 4.78 is 6.17. The van der Waals surface area contributed by atoms with Crippen molar-refractivity contribution in [2.24, 2.45) is 0 Å². The van der Waals surface area contributed by atoms with Crippen molar-refractivity contribution in [3.63, 3.8) is 0 Å². The molecule has 2 N–H and O–H groups in total. The molecule has 0 aliphatic rings. The molecule has 3 rings (SSSR count). The first-order valence-corrected chi connectivity index (χ1v) is 7.52. The summed E-state index contributed by atoms with van der Waals surface area (Å²) in [6.45, 7) is 2.02. The molecule has 1 heterocycles. The number of nitrogens with zero attached hydrogens (tertiary/aromatic N) is 1. The van der Waals surface area contributed by atoms with E-state index < -0.39 is 0 Å². The highest BCUT2D eigenvalue weighted by Crippen LogP contribution is 2.42. The van der Waals surface area contributed by atoms with Gasteiger partial charge in [0.25, 0.3) is 0 Å². The van der Waals surface area contributed by atoms with Gasteiger partial charge in [0.2, 0.25) is 5.88 Å². The highest BCUT2D eigenvalue weighted by Gasteiger charge is 2.21. The molecule has 5 heteroatoms. The Morgan fingerprint density at radius 1 is 1.10 bits per heavy atom. The summed E-state index contributed by atoms with van der Waals surface area (Å²) in [5, 5.41) is 4.73. The van der Waals surface area contributed by atoms with E-state index in [-0.39, 0.29) is 5.88 Å². The van der Waals surface area contributed by atoms with Crippen LogP contribution in [0.15, 0.2) is 51.5 Å². The maximum Gasteiger partial charge on any atom is 0.230 e. The largest absolute Gasteiger partial charge is 0.367 e. The van der Waals surface area contributed by atoms with Crippen molar-refractivity contribution in [2.45, 2.75) is 6.92 Å². The normalized spacial score (nSPS) is 10.8. The van der Waals surface area contributed by atoms with Gasteiger partial charge in [-0.3, -0.25) is 0 Å². The zero-order valence-electron chi connectivity index (χ0n) is 11.2. The number of benzene rings is 2. The Bertz CT molecular complexity index is 814. The monoisotopic (exact) mass is 362 g/mol. The molecule has 21 heavy (non-hydrogen) atoms. The molecule has 0 saturated heterocycles. The van der Waals surface area contributed by atoms with Crippen LogP contribution in [0, 0.1) is 6.92 Å². The molecule has 3 nitrogen and oxygen atoms in total. The van der Waals surface area contributed by atoms with Gasteiger partial charge >= 0.3 is 0 Å². The Hall–Kier alpha value is -1.78. The summed E-state index contributed by atoms with van der Waals surface area (Å²) in [5.41, 5.74) is 10.2. The predicted molar refractivity (Wildman–Crippen MR) is 89.2 cm³/mol. The second-order valence-electron chi connectivity index (χ2n) is 4.69. The van der Waals surface area contributed by atoms with Crippen molar-refractivity contribution in [3.05, 3.63) is 57.5 Å². The SMILES string of the molecule is Cc1cccc(-c2noc(N)c2-c2ccccc2Cl)c1Br. The van der Waals surface area contributed by atoms with Gasteiger partial charge in [-0.2, -0.15) is 0 Å². The first-order chi connectivity index (χ1) is 10.1. The Kier molecular flexibility index (Phi) is 3.74. The first-order valence-electron chi connectivity index (χ1n) is 6.35. The van der Waals surface area contributed by atoms with Crippen molar-refractivity contribution in [1.82, 2.24) is 5.16 Å². The second kappa shape index (κ2) is 5.54. The molecule has 3 aromatic rings. The smallest absolute Gasteiger partial charge is 0.230 e. The number of hydrogen-bond donors (Lipinski definition) is 1. The third-order valence-electron chi connectivity index (χ3n) is 3.31. The van der Waals surface area contributed by atoms with Crippen molar-refractivity contribution < 1.29 is 4.52 Å². The minimum atomic E-state index is 0.256. The number of nitrogen functional groups attached to an aromatic ring is 1. The fraction of sp³-hybridized carbons (Fsp3) is 0.0625. The molecule has 0 aliphatic carbocycles. The van der Waals surface area contributed by atoms with E-state index in [1.165, 1.54) is 0 Å². The van der Waals surface area contributed by atoms with E-state index in [1.54, 1.807) is 0 Å². The van der Waals surface area contributed by atoms with Crippen LogP contribution in [-0.4, -0.2) is 5.16 Å². The number of halogens is 2. The first kappa shape index (κ1) is 14.2. The van der Waals surface area contributed by atoms with Crippen molar-refractivity contribution >= 4 is 33.4 Å². The third-order valence-corrected chi connectivity index (χ3v) is 4.69. The summed E-state index contributed by atoms with van der Waals surface area (Å²) in [4.78, 5) is 0. The van der Waals surface area contributed by atoms with E-state index in [2.05, 4.69) is 21.1 Å². The topological polar surface area (TPSA) is 52.0 Å². The van der Waals surface area contributed by atoms with Gasteiger partial charge in [-0.1, -0.05) is 53.2 Å². The maximum absolute atomic E-state index is 6.28. The zero-order chi connectivity index (χ0) is 15.0. The fourth-order valence-corrected chi connectivity index (χ4v) is 2.92. The number of nitrogens with two attached hydrogens (primary N) is 1. The predicted octanol–water partition coefficient (Wildman–Crippen LogP) is 5.32. The van der Waals surface area contributed by atoms with E-state index in [4.69, 9.17) is 21.9 Å². The highest BCUT2D eigenvalue weighted by molar-refractivity contribution is 9.10. The summed E-state index contributed by atoms with van der Waals surface area (Å²) in [6, 6.07) is 13.5. The summed E-state index contributed by atoms with van der Waals surface area (Å²) >= 11 is 9.88. The van der Waals surface area contributed by atoms with Crippen molar-refractivity contribution in [2.75, 3.05) is 5.73 Å². The van der Waals surface area contributed by atoms with Gasteiger partial charge in [0.05, 0.1) is 5.56 Å². The Labute approximate surface area is 135 Å². The van der Waals surface area contributed by atoms with Crippen LogP contribution < -0.4 is 5.73 Å². The fourth-order valence-electron chi connectivity index (χ4n) is 2.24. The zero-order valence-corrected chi connectivity index (χ0v) is 13.6. The molecule has 0 bridgehead atoms. The van der Waals surface area contributed by atoms with Crippen LogP contribution in [0.3, 0.4) is 0 Å². The van der Waals surface area contributed by atoms with Crippen molar-refractivity contribution in [3.8, 4) is 22.4 Å². The minimum Gasteiger partial charge on any atom is -0.367 e. The average molecular weight is 364 g/mol. The molecule has 0 amide bonds. The van der Waals surface area contributed by atoms with E-state index in [1.807, 2.05) is 49.4 Å². The molecule has 0 aliphatic heterocycles. The van der Waals surface area contributed by atoms with E-state index in [0.29, 0.717) is 16.3 Å². The lowest BCUT2D eigenvalue weighted by molar-refractivity contribution is 0.439. The molecule has 0 saturated carbocycles. The molecule has 0 unspecified atom stereocenters. The molecular formula is C16H12BrClN2O. The summed E-state index contributed by atoms with van der Waals surface area (Å²) in [5.74, 6) is 0.256. The van der Waals surface area contributed by atoms with Gasteiger partial charge in [-0.15, -0.1) is 0 Å². The van der Waals surface area contributed by atoms with Gasteiger partial charge in [-0.05, 0) is 34.5 Å². The number of anilines is 1. The molecule has 1 aromatic heterocycles. The van der Waals surface area contributed by atoms with E-state index in [0.717, 1.165) is 21.2 Å². The molecule has 0 atom stereocenters. The molecule has 0 radical (unpaired) electrons. The van der Waals surface area contributed by atoms with Crippen LogP contribution >= 0.6 is 27.5 Å². The molecular weight excluding hydrogens is 352 g/mol.